The number of piperidine rings is 1. The highest BCUT2D eigenvalue weighted by Crippen LogP contribution is 2.23. The van der Waals surface area contributed by atoms with E-state index in [-0.39, 0.29) is 11.9 Å². The molecule has 3 atom stereocenters. The number of amides is 1. The van der Waals surface area contributed by atoms with Crippen LogP contribution >= 0.6 is 0 Å². The van der Waals surface area contributed by atoms with E-state index < -0.39 is 0 Å². The molecule has 0 aromatic carbocycles. The van der Waals surface area contributed by atoms with Gasteiger partial charge in [-0.3, -0.25) is 4.79 Å². The standard InChI is InChI=1S/C13H26N2O/c1-9(2)7-12(14)13(16)15-6-5-10(3)8-11(15)4/h9-12H,5-8,14H2,1-4H3/t10?,11?,12-/m0/s1. The second-order valence-electron chi connectivity index (χ2n) is 5.75. The summed E-state index contributed by atoms with van der Waals surface area (Å²) in [7, 11) is 0. The Morgan fingerprint density at radius 3 is 2.56 bits per heavy atom. The van der Waals surface area contributed by atoms with Gasteiger partial charge in [0, 0.05) is 12.6 Å². The predicted octanol–water partition coefficient (Wildman–Crippen LogP) is 2.01. The van der Waals surface area contributed by atoms with Crippen molar-refractivity contribution >= 4 is 5.91 Å². The van der Waals surface area contributed by atoms with Crippen molar-refractivity contribution in [1.29, 1.82) is 0 Å². The van der Waals surface area contributed by atoms with E-state index in [2.05, 4.69) is 27.7 Å². The lowest BCUT2D eigenvalue weighted by Crippen LogP contribution is -2.51. The first-order chi connectivity index (χ1) is 7.41. The number of hydrogen-bond acceptors (Lipinski definition) is 2. The molecule has 2 unspecified atom stereocenters. The van der Waals surface area contributed by atoms with Crippen molar-refractivity contribution in [2.45, 2.75) is 59.0 Å². The van der Waals surface area contributed by atoms with E-state index in [0.717, 1.165) is 31.7 Å². The number of likely N-dealkylation sites (tertiary alicyclic amines) is 1. The van der Waals surface area contributed by atoms with Crippen LogP contribution in [0.5, 0.6) is 0 Å². The largest absolute Gasteiger partial charge is 0.339 e. The van der Waals surface area contributed by atoms with Crippen LogP contribution in [-0.4, -0.2) is 29.4 Å². The molecule has 1 rings (SSSR count). The smallest absolute Gasteiger partial charge is 0.239 e. The number of rotatable bonds is 3. The van der Waals surface area contributed by atoms with Gasteiger partial charge in [-0.1, -0.05) is 20.8 Å². The molecular weight excluding hydrogens is 200 g/mol. The summed E-state index contributed by atoms with van der Waals surface area (Å²) in [5, 5.41) is 0. The van der Waals surface area contributed by atoms with Gasteiger partial charge in [0.05, 0.1) is 6.04 Å². The van der Waals surface area contributed by atoms with Crippen LogP contribution in [0.3, 0.4) is 0 Å². The van der Waals surface area contributed by atoms with Gasteiger partial charge >= 0.3 is 0 Å². The second kappa shape index (κ2) is 5.67. The molecule has 0 bridgehead atoms. The average Bonchev–Trinajstić information content (AvgIpc) is 2.15. The Kier molecular flexibility index (Phi) is 4.78. The zero-order valence-electron chi connectivity index (χ0n) is 11.1. The van der Waals surface area contributed by atoms with Gasteiger partial charge < -0.3 is 10.6 Å². The van der Waals surface area contributed by atoms with Crippen molar-refractivity contribution in [3.8, 4) is 0 Å². The zero-order valence-corrected chi connectivity index (χ0v) is 11.1. The Bertz CT molecular complexity index is 240. The Balaban J connectivity index is 2.53. The number of carbonyl (C=O) groups is 1. The van der Waals surface area contributed by atoms with Crippen LogP contribution in [0.4, 0.5) is 0 Å². The second-order valence-corrected chi connectivity index (χ2v) is 5.75. The van der Waals surface area contributed by atoms with E-state index in [1.807, 2.05) is 4.90 Å². The highest BCUT2D eigenvalue weighted by atomic mass is 16.2. The van der Waals surface area contributed by atoms with E-state index in [0.29, 0.717) is 12.0 Å². The summed E-state index contributed by atoms with van der Waals surface area (Å²) in [6.45, 7) is 9.48. The first-order valence-corrected chi connectivity index (χ1v) is 6.47. The number of hydrogen-bond donors (Lipinski definition) is 1. The van der Waals surface area contributed by atoms with Crippen LogP contribution in [0.15, 0.2) is 0 Å². The topological polar surface area (TPSA) is 46.3 Å². The number of nitrogens with zero attached hydrogens (tertiary/aromatic N) is 1. The molecule has 1 heterocycles. The van der Waals surface area contributed by atoms with Gasteiger partial charge in [0.25, 0.3) is 0 Å². The van der Waals surface area contributed by atoms with Gasteiger partial charge in [-0.05, 0) is 38.0 Å². The molecule has 1 saturated heterocycles. The SMILES string of the molecule is CC(C)C[C@H](N)C(=O)N1CCC(C)CC1C. The van der Waals surface area contributed by atoms with Gasteiger partial charge in [0.1, 0.15) is 0 Å². The molecular formula is C13H26N2O. The quantitative estimate of drug-likeness (QED) is 0.800. The summed E-state index contributed by atoms with van der Waals surface area (Å²) >= 11 is 0. The van der Waals surface area contributed by atoms with E-state index in [1.54, 1.807) is 0 Å². The molecule has 0 aromatic rings. The molecule has 0 aromatic heterocycles. The first kappa shape index (κ1) is 13.5. The van der Waals surface area contributed by atoms with E-state index in [9.17, 15) is 4.79 Å². The molecule has 16 heavy (non-hydrogen) atoms. The average molecular weight is 226 g/mol. The Morgan fingerprint density at radius 2 is 2.06 bits per heavy atom. The maximum Gasteiger partial charge on any atom is 0.239 e. The first-order valence-electron chi connectivity index (χ1n) is 6.47. The molecule has 0 saturated carbocycles. The van der Waals surface area contributed by atoms with Crippen LogP contribution in [0.1, 0.15) is 47.0 Å². The third-order valence-electron chi connectivity index (χ3n) is 3.46. The van der Waals surface area contributed by atoms with Gasteiger partial charge in [0.2, 0.25) is 5.91 Å². The van der Waals surface area contributed by atoms with Crippen molar-refractivity contribution in [2.75, 3.05) is 6.54 Å². The lowest BCUT2D eigenvalue weighted by molar-refractivity contribution is -0.136. The Morgan fingerprint density at radius 1 is 1.44 bits per heavy atom. The van der Waals surface area contributed by atoms with E-state index >= 15 is 0 Å². The molecule has 2 N–H and O–H groups in total. The van der Waals surface area contributed by atoms with Crippen molar-refractivity contribution in [3.05, 3.63) is 0 Å². The number of carbonyl (C=O) groups excluding carboxylic acids is 1. The van der Waals surface area contributed by atoms with Gasteiger partial charge in [-0.25, -0.2) is 0 Å². The molecule has 94 valence electrons. The highest BCUT2D eigenvalue weighted by Gasteiger charge is 2.29. The monoisotopic (exact) mass is 226 g/mol. The summed E-state index contributed by atoms with van der Waals surface area (Å²) in [4.78, 5) is 14.1. The Hall–Kier alpha value is -0.570. The van der Waals surface area contributed by atoms with Crippen LogP contribution in [0.2, 0.25) is 0 Å². The molecule has 1 amide bonds. The fourth-order valence-corrected chi connectivity index (χ4v) is 2.56. The van der Waals surface area contributed by atoms with Crippen LogP contribution < -0.4 is 5.73 Å². The van der Waals surface area contributed by atoms with Crippen LogP contribution in [0, 0.1) is 11.8 Å². The summed E-state index contributed by atoms with van der Waals surface area (Å²) in [5.41, 5.74) is 5.95. The van der Waals surface area contributed by atoms with E-state index in [4.69, 9.17) is 5.73 Å². The summed E-state index contributed by atoms with van der Waals surface area (Å²) in [6, 6.07) is 0.0466. The minimum absolute atomic E-state index is 0.146. The fourth-order valence-electron chi connectivity index (χ4n) is 2.56. The normalized spacial score (nSPS) is 28.2. The summed E-state index contributed by atoms with van der Waals surface area (Å²) < 4.78 is 0. The lowest BCUT2D eigenvalue weighted by Gasteiger charge is -2.38. The van der Waals surface area contributed by atoms with Crippen LogP contribution in [0.25, 0.3) is 0 Å². The molecule has 1 aliphatic heterocycles. The minimum Gasteiger partial charge on any atom is -0.339 e. The van der Waals surface area contributed by atoms with Crippen LogP contribution in [-0.2, 0) is 4.79 Å². The summed E-state index contributed by atoms with van der Waals surface area (Å²) in [5.74, 6) is 1.37. The van der Waals surface area contributed by atoms with Crippen molar-refractivity contribution < 1.29 is 4.79 Å². The molecule has 0 spiro atoms. The van der Waals surface area contributed by atoms with Crippen molar-refractivity contribution in [1.82, 2.24) is 4.90 Å². The molecule has 1 aliphatic rings. The lowest BCUT2D eigenvalue weighted by atomic mass is 9.92. The number of nitrogens with two attached hydrogens (primary N) is 1. The molecule has 3 nitrogen and oxygen atoms in total. The maximum absolute atomic E-state index is 12.2. The van der Waals surface area contributed by atoms with Crippen molar-refractivity contribution in [2.24, 2.45) is 17.6 Å². The molecule has 0 aliphatic carbocycles. The zero-order chi connectivity index (χ0) is 12.3. The molecule has 0 radical (unpaired) electrons. The third-order valence-corrected chi connectivity index (χ3v) is 3.46. The minimum atomic E-state index is -0.309. The van der Waals surface area contributed by atoms with Gasteiger partial charge in [-0.15, -0.1) is 0 Å². The fraction of sp³-hybridized carbons (Fsp3) is 0.923. The van der Waals surface area contributed by atoms with Crippen molar-refractivity contribution in [3.63, 3.8) is 0 Å². The van der Waals surface area contributed by atoms with E-state index in [1.165, 1.54) is 0 Å². The molecule has 3 heteroatoms. The summed E-state index contributed by atoms with van der Waals surface area (Å²) in [6.07, 6.45) is 3.02. The Labute approximate surface area is 99.4 Å². The molecule has 1 fully saturated rings. The predicted molar refractivity (Wildman–Crippen MR) is 67.0 cm³/mol. The maximum atomic E-state index is 12.2. The highest BCUT2D eigenvalue weighted by molar-refractivity contribution is 5.82. The van der Waals surface area contributed by atoms with Gasteiger partial charge in [0.15, 0.2) is 0 Å². The van der Waals surface area contributed by atoms with Gasteiger partial charge in [-0.2, -0.15) is 0 Å². The third kappa shape index (κ3) is 3.48.